The van der Waals surface area contributed by atoms with Crippen molar-refractivity contribution in [1.29, 1.82) is 0 Å². The Hall–Kier alpha value is -3.38. The molecule has 28 heavy (non-hydrogen) atoms. The number of hydrogen-bond donors (Lipinski definition) is 0. The highest BCUT2D eigenvalue weighted by atomic mass is 32.1. The average Bonchev–Trinajstić information content (AvgIpc) is 3.40. The third-order valence-corrected chi connectivity index (χ3v) is 5.00. The summed E-state index contributed by atoms with van der Waals surface area (Å²) in [5.74, 6) is 1.44. The van der Waals surface area contributed by atoms with E-state index in [1.54, 1.807) is 13.4 Å². The molecule has 0 aliphatic heterocycles. The van der Waals surface area contributed by atoms with E-state index in [2.05, 4.69) is 17.5 Å². The molecule has 0 radical (unpaired) electrons. The minimum absolute atomic E-state index is 0.718. The van der Waals surface area contributed by atoms with Crippen molar-refractivity contribution in [3.8, 4) is 17.0 Å². The van der Waals surface area contributed by atoms with Crippen molar-refractivity contribution >= 4 is 22.7 Å². The largest absolute Gasteiger partial charge is 0.494 e. The average molecular weight is 389 g/mol. The number of methoxy groups -OCH3 is 1. The number of nitrogens with zero attached hydrogens (tertiary/aromatic N) is 3. The second-order valence-corrected chi connectivity index (χ2v) is 6.86. The summed E-state index contributed by atoms with van der Waals surface area (Å²) in [4.78, 5) is 5.56. The Morgan fingerprint density at radius 1 is 1.00 bits per heavy atom. The number of aromatic nitrogens is 1. The van der Waals surface area contributed by atoms with E-state index in [9.17, 15) is 0 Å². The lowest BCUT2D eigenvalue weighted by Gasteiger charge is -2.06. The molecule has 0 saturated heterocycles. The first-order valence-corrected chi connectivity index (χ1v) is 9.67. The first-order chi connectivity index (χ1) is 13.8. The summed E-state index contributed by atoms with van der Waals surface area (Å²) < 4.78 is 12.8. The van der Waals surface area contributed by atoms with Gasteiger partial charge in [0.2, 0.25) is 4.80 Å². The summed E-state index contributed by atoms with van der Waals surface area (Å²) in [6, 6.07) is 21.6. The Balaban J connectivity index is 1.91. The quantitative estimate of drug-likeness (QED) is 0.434. The number of ether oxygens (including phenoxy) is 1. The van der Waals surface area contributed by atoms with Crippen molar-refractivity contribution in [2.75, 3.05) is 7.11 Å². The van der Waals surface area contributed by atoms with E-state index in [0.717, 1.165) is 39.0 Å². The summed E-state index contributed by atoms with van der Waals surface area (Å²) in [6.07, 6.45) is 1.64. The lowest BCUT2D eigenvalue weighted by Crippen LogP contribution is -2.13. The van der Waals surface area contributed by atoms with Gasteiger partial charge in [-0.1, -0.05) is 42.5 Å². The summed E-state index contributed by atoms with van der Waals surface area (Å²) >= 11 is 1.53. The Kier molecular flexibility index (Phi) is 5.21. The second kappa shape index (κ2) is 8.10. The van der Waals surface area contributed by atoms with Crippen LogP contribution in [0, 0.1) is 0 Å². The zero-order valence-electron chi connectivity index (χ0n) is 15.6. The van der Waals surface area contributed by atoms with Crippen LogP contribution in [0.4, 0.5) is 5.69 Å². The zero-order valence-corrected chi connectivity index (χ0v) is 16.4. The van der Waals surface area contributed by atoms with Gasteiger partial charge in [0.15, 0.2) is 0 Å². The van der Waals surface area contributed by atoms with Gasteiger partial charge in [-0.2, -0.15) is 5.10 Å². The van der Waals surface area contributed by atoms with E-state index >= 15 is 0 Å². The van der Waals surface area contributed by atoms with Crippen LogP contribution < -0.4 is 9.54 Å². The van der Waals surface area contributed by atoms with Crippen molar-refractivity contribution in [3.05, 3.63) is 88.9 Å². The molecule has 4 aromatic rings. The number of rotatable bonds is 5. The van der Waals surface area contributed by atoms with Crippen LogP contribution in [0.3, 0.4) is 0 Å². The lowest BCUT2D eigenvalue weighted by molar-refractivity contribution is 0.416. The van der Waals surface area contributed by atoms with Crippen molar-refractivity contribution in [2.45, 2.75) is 6.92 Å². The molecule has 6 heteroatoms. The van der Waals surface area contributed by atoms with Crippen LogP contribution in [0.25, 0.3) is 11.3 Å². The van der Waals surface area contributed by atoms with Gasteiger partial charge in [-0.05, 0) is 31.2 Å². The maximum absolute atomic E-state index is 5.49. The van der Waals surface area contributed by atoms with Gasteiger partial charge in [-0.25, -0.2) is 9.67 Å². The topological polar surface area (TPSA) is 52.0 Å². The van der Waals surface area contributed by atoms with Gasteiger partial charge in [0.1, 0.15) is 22.9 Å². The predicted octanol–water partition coefficient (Wildman–Crippen LogP) is 5.32. The van der Waals surface area contributed by atoms with E-state index in [1.807, 2.05) is 66.2 Å². The molecular weight excluding hydrogens is 370 g/mol. The Bertz CT molecular complexity index is 1160. The molecule has 2 heterocycles. The van der Waals surface area contributed by atoms with Crippen LogP contribution in [-0.2, 0) is 0 Å². The van der Waals surface area contributed by atoms with E-state index in [0.29, 0.717) is 0 Å². The summed E-state index contributed by atoms with van der Waals surface area (Å²) in [5.41, 5.74) is 3.55. The molecule has 0 aliphatic carbocycles. The summed E-state index contributed by atoms with van der Waals surface area (Å²) in [7, 11) is 1.64. The molecule has 0 unspecified atom stereocenters. The number of hydrogen-bond acceptors (Lipinski definition) is 5. The first-order valence-electron chi connectivity index (χ1n) is 8.79. The van der Waals surface area contributed by atoms with E-state index in [1.165, 1.54) is 11.3 Å². The van der Waals surface area contributed by atoms with Gasteiger partial charge in [-0.15, -0.1) is 11.3 Å². The number of furan rings is 1. The number of para-hydroxylation sites is 2. The van der Waals surface area contributed by atoms with Crippen LogP contribution in [0.15, 0.2) is 92.9 Å². The van der Waals surface area contributed by atoms with Gasteiger partial charge in [0.25, 0.3) is 0 Å². The van der Waals surface area contributed by atoms with Crippen LogP contribution >= 0.6 is 11.3 Å². The zero-order chi connectivity index (χ0) is 19.3. The molecule has 2 aromatic carbocycles. The molecule has 5 nitrogen and oxygen atoms in total. The molecule has 0 N–H and O–H groups in total. The molecular formula is C22H19N3O2S. The van der Waals surface area contributed by atoms with Crippen molar-refractivity contribution in [1.82, 2.24) is 4.68 Å². The van der Waals surface area contributed by atoms with Crippen molar-refractivity contribution in [3.63, 3.8) is 0 Å². The number of thiazole rings is 1. The first kappa shape index (κ1) is 18.0. The van der Waals surface area contributed by atoms with Crippen molar-refractivity contribution in [2.24, 2.45) is 10.1 Å². The standard InChI is InChI=1S/C22H19N3O2S/c1-16(20-13-8-14-27-20)24-25-19(17-9-4-3-5-10-17)15-28-22(25)23-18-11-6-7-12-21(18)26-2/h3-15H,1-2H3/b23-22?,24-16+. The molecule has 0 aliphatic rings. The molecule has 0 atom stereocenters. The molecule has 140 valence electrons. The van der Waals surface area contributed by atoms with E-state index in [-0.39, 0.29) is 0 Å². The predicted molar refractivity (Wildman–Crippen MR) is 112 cm³/mol. The summed E-state index contributed by atoms with van der Waals surface area (Å²) in [5, 5.41) is 6.86. The molecule has 0 fully saturated rings. The normalized spacial score (nSPS) is 12.4. The van der Waals surface area contributed by atoms with E-state index in [4.69, 9.17) is 19.2 Å². The minimum atomic E-state index is 0.718. The molecule has 0 spiro atoms. The third-order valence-electron chi connectivity index (χ3n) is 4.18. The highest BCUT2D eigenvalue weighted by Crippen LogP contribution is 2.27. The SMILES string of the molecule is COc1ccccc1N=c1scc(-c2ccccc2)n1/N=C(\C)c1ccco1. The number of benzene rings is 2. The Morgan fingerprint density at radius 3 is 2.54 bits per heavy atom. The minimum Gasteiger partial charge on any atom is -0.494 e. The van der Waals surface area contributed by atoms with Gasteiger partial charge >= 0.3 is 0 Å². The van der Waals surface area contributed by atoms with Crippen LogP contribution in [0.5, 0.6) is 5.75 Å². The smallest absolute Gasteiger partial charge is 0.211 e. The van der Waals surface area contributed by atoms with Gasteiger partial charge in [-0.3, -0.25) is 0 Å². The van der Waals surface area contributed by atoms with E-state index < -0.39 is 0 Å². The summed E-state index contributed by atoms with van der Waals surface area (Å²) in [6.45, 7) is 1.92. The molecule has 0 bridgehead atoms. The fraction of sp³-hybridized carbons (Fsp3) is 0.0909. The highest BCUT2D eigenvalue weighted by Gasteiger charge is 2.10. The third kappa shape index (κ3) is 3.68. The molecule has 4 rings (SSSR count). The highest BCUT2D eigenvalue weighted by molar-refractivity contribution is 7.07. The maximum atomic E-state index is 5.49. The fourth-order valence-electron chi connectivity index (χ4n) is 2.79. The maximum Gasteiger partial charge on any atom is 0.211 e. The Morgan fingerprint density at radius 2 is 1.79 bits per heavy atom. The Labute approximate surface area is 166 Å². The van der Waals surface area contributed by atoms with Crippen molar-refractivity contribution < 1.29 is 9.15 Å². The monoisotopic (exact) mass is 389 g/mol. The van der Waals surface area contributed by atoms with Crippen LogP contribution in [0.1, 0.15) is 12.7 Å². The molecule has 0 saturated carbocycles. The fourth-order valence-corrected chi connectivity index (χ4v) is 3.63. The van der Waals surface area contributed by atoms with Crippen LogP contribution in [0.2, 0.25) is 0 Å². The molecule has 0 amide bonds. The lowest BCUT2D eigenvalue weighted by atomic mass is 10.2. The van der Waals surface area contributed by atoms with Gasteiger partial charge in [0.05, 0.1) is 19.1 Å². The van der Waals surface area contributed by atoms with Gasteiger partial charge < -0.3 is 9.15 Å². The van der Waals surface area contributed by atoms with Crippen LogP contribution in [-0.4, -0.2) is 17.5 Å². The second-order valence-electron chi connectivity index (χ2n) is 6.03. The van der Waals surface area contributed by atoms with Gasteiger partial charge in [0, 0.05) is 10.9 Å². The molecule has 2 aromatic heterocycles.